The number of carbonyl (C=O) groups is 1. The molecule has 0 atom stereocenters. The fraction of sp³-hybridized carbons (Fsp3) is 0.238. The van der Waals surface area contributed by atoms with E-state index in [4.69, 9.17) is 4.74 Å². The topological polar surface area (TPSA) is 101 Å². The Bertz CT molecular complexity index is 1040. The van der Waals surface area contributed by atoms with Crippen LogP contribution in [0.4, 0.5) is 0 Å². The van der Waals surface area contributed by atoms with Gasteiger partial charge in [0.05, 0.1) is 18.6 Å². The first-order valence-corrected chi connectivity index (χ1v) is 12.3. The number of ether oxygens (including phenoxy) is 1. The van der Waals surface area contributed by atoms with E-state index in [-0.39, 0.29) is 23.2 Å². The first-order chi connectivity index (χ1) is 15.0. The number of H-pyrrole nitrogens is 1. The molecule has 1 heterocycles. The second-order valence-electron chi connectivity index (χ2n) is 6.37. The third-order valence-electron chi connectivity index (χ3n) is 3.91. The average Bonchev–Trinajstić information content (AvgIpc) is 3.22. The van der Waals surface area contributed by atoms with E-state index in [1.807, 2.05) is 6.92 Å². The molecule has 2 aromatic carbocycles. The highest BCUT2D eigenvalue weighted by atomic mass is 32.2. The second-order valence-corrected chi connectivity index (χ2v) is 9.84. The van der Waals surface area contributed by atoms with Gasteiger partial charge < -0.3 is 9.84 Å². The van der Waals surface area contributed by atoms with Gasteiger partial charge in [-0.2, -0.15) is 5.10 Å². The molecule has 1 amide bonds. The molecule has 3 rings (SSSR count). The molecule has 0 unspecified atom stereocenters. The number of aromatic nitrogens is 2. The number of rotatable bonds is 10. The molecule has 0 spiro atoms. The summed E-state index contributed by atoms with van der Waals surface area (Å²) in [5.41, 5.74) is 5.64. The SMILES string of the molecule is CCOc1cc(C=NNC(=O)CSc2n[nH+]c(SCc3ccc(C)cc3)s2)ccc1[O-]. The molecule has 10 heteroatoms. The van der Waals surface area contributed by atoms with Gasteiger partial charge in [-0.15, -0.1) is 0 Å². The number of aromatic amines is 1. The lowest BCUT2D eigenvalue weighted by atomic mass is 10.2. The van der Waals surface area contributed by atoms with Gasteiger partial charge in [-0.25, -0.2) is 5.43 Å². The van der Waals surface area contributed by atoms with Crippen LogP contribution in [0.25, 0.3) is 0 Å². The first-order valence-electron chi connectivity index (χ1n) is 9.49. The van der Waals surface area contributed by atoms with Crippen LogP contribution in [0.3, 0.4) is 0 Å². The molecule has 31 heavy (non-hydrogen) atoms. The number of hydrazone groups is 1. The van der Waals surface area contributed by atoms with Crippen LogP contribution in [0.2, 0.25) is 0 Å². The molecule has 2 N–H and O–H groups in total. The predicted molar refractivity (Wildman–Crippen MR) is 123 cm³/mol. The summed E-state index contributed by atoms with van der Waals surface area (Å²) < 4.78 is 7.05. The maximum Gasteiger partial charge on any atom is 0.323 e. The van der Waals surface area contributed by atoms with Gasteiger partial charge in [0.1, 0.15) is 5.75 Å². The summed E-state index contributed by atoms with van der Waals surface area (Å²) in [4.78, 5) is 12.0. The van der Waals surface area contributed by atoms with Crippen LogP contribution in [0.5, 0.6) is 11.5 Å². The predicted octanol–water partition coefficient (Wildman–Crippen LogP) is 3.27. The van der Waals surface area contributed by atoms with E-state index >= 15 is 0 Å². The van der Waals surface area contributed by atoms with Crippen molar-refractivity contribution in [3.05, 3.63) is 59.2 Å². The average molecular weight is 475 g/mol. The van der Waals surface area contributed by atoms with Crippen molar-refractivity contribution >= 4 is 47.0 Å². The molecule has 0 aliphatic rings. The lowest BCUT2D eigenvalue weighted by Crippen LogP contribution is -2.19. The maximum atomic E-state index is 12.0. The van der Waals surface area contributed by atoms with Crippen molar-refractivity contribution in [1.29, 1.82) is 0 Å². The monoisotopic (exact) mass is 474 g/mol. The van der Waals surface area contributed by atoms with Crippen molar-refractivity contribution < 1.29 is 19.7 Å². The Hall–Kier alpha value is -2.56. The van der Waals surface area contributed by atoms with Crippen molar-refractivity contribution in [2.45, 2.75) is 28.3 Å². The molecule has 162 valence electrons. The van der Waals surface area contributed by atoms with Crippen LogP contribution < -0.4 is 20.4 Å². The van der Waals surface area contributed by atoms with E-state index in [9.17, 15) is 9.90 Å². The lowest BCUT2D eigenvalue weighted by molar-refractivity contribution is -0.492. The van der Waals surface area contributed by atoms with Crippen molar-refractivity contribution in [3.63, 3.8) is 0 Å². The summed E-state index contributed by atoms with van der Waals surface area (Å²) in [5.74, 6) is 0.900. The zero-order valence-electron chi connectivity index (χ0n) is 17.1. The quantitative estimate of drug-likeness (QED) is 0.275. The molecule has 0 aliphatic carbocycles. The van der Waals surface area contributed by atoms with Crippen LogP contribution in [0.15, 0.2) is 56.2 Å². The Balaban J connectivity index is 1.42. The van der Waals surface area contributed by atoms with Gasteiger partial charge in [0, 0.05) is 10.9 Å². The molecule has 0 aliphatic heterocycles. The van der Waals surface area contributed by atoms with Gasteiger partial charge in [-0.05, 0) is 54.1 Å². The number of nitrogens with zero attached hydrogens (tertiary/aromatic N) is 2. The minimum Gasteiger partial charge on any atom is -0.870 e. The molecule has 3 aromatic rings. The summed E-state index contributed by atoms with van der Waals surface area (Å²) in [6, 6.07) is 13.1. The lowest BCUT2D eigenvalue weighted by Gasteiger charge is -2.13. The van der Waals surface area contributed by atoms with E-state index < -0.39 is 0 Å². The van der Waals surface area contributed by atoms with E-state index in [1.54, 1.807) is 23.9 Å². The van der Waals surface area contributed by atoms with Gasteiger partial charge in [-0.1, -0.05) is 64.6 Å². The minimum absolute atomic E-state index is 0.184. The van der Waals surface area contributed by atoms with E-state index in [1.165, 1.54) is 46.5 Å². The zero-order valence-corrected chi connectivity index (χ0v) is 19.5. The van der Waals surface area contributed by atoms with E-state index in [0.29, 0.717) is 12.2 Å². The van der Waals surface area contributed by atoms with Crippen molar-refractivity contribution in [2.75, 3.05) is 12.4 Å². The zero-order chi connectivity index (χ0) is 22.1. The molecule has 0 fully saturated rings. The van der Waals surface area contributed by atoms with Crippen molar-refractivity contribution in [3.8, 4) is 11.5 Å². The number of nitrogens with one attached hydrogen (secondary N) is 2. The Kier molecular flexibility index (Phi) is 8.74. The molecular formula is C21H22N4O3S3. The third-order valence-corrected chi connectivity index (χ3v) is 7.23. The molecular weight excluding hydrogens is 452 g/mol. The highest BCUT2D eigenvalue weighted by Crippen LogP contribution is 2.28. The molecule has 0 saturated carbocycles. The molecule has 1 aromatic heterocycles. The molecule has 0 radical (unpaired) electrons. The summed E-state index contributed by atoms with van der Waals surface area (Å²) in [6.45, 7) is 4.29. The second kappa shape index (κ2) is 11.7. The van der Waals surface area contributed by atoms with Crippen molar-refractivity contribution in [2.24, 2.45) is 5.10 Å². The van der Waals surface area contributed by atoms with Gasteiger partial charge >= 0.3 is 4.34 Å². The summed E-state index contributed by atoms with van der Waals surface area (Å²) in [5, 5.41) is 22.8. The van der Waals surface area contributed by atoms with Gasteiger partial charge in [-0.3, -0.25) is 4.79 Å². The van der Waals surface area contributed by atoms with Crippen LogP contribution >= 0.6 is 34.9 Å². The number of amides is 1. The van der Waals surface area contributed by atoms with Crippen molar-refractivity contribution in [1.82, 2.24) is 10.5 Å². The summed E-state index contributed by atoms with van der Waals surface area (Å²) in [7, 11) is 0. The smallest absolute Gasteiger partial charge is 0.323 e. The van der Waals surface area contributed by atoms with Crippen LogP contribution in [0, 0.1) is 6.92 Å². The summed E-state index contributed by atoms with van der Waals surface area (Å²) >= 11 is 4.55. The number of carbonyl (C=O) groups excluding carboxylic acids is 1. The van der Waals surface area contributed by atoms with Crippen LogP contribution in [-0.4, -0.2) is 29.6 Å². The van der Waals surface area contributed by atoms with Gasteiger partial charge in [0.2, 0.25) is 4.34 Å². The van der Waals surface area contributed by atoms with Gasteiger partial charge in [0.25, 0.3) is 5.91 Å². The van der Waals surface area contributed by atoms with E-state index in [0.717, 1.165) is 14.4 Å². The standard InChI is InChI=1S/C21H22N4O3S3/c1-3-28-18-10-16(8-9-17(18)26)11-22-23-19(27)13-30-21-25-24-20(31-21)29-12-15-6-4-14(2)5-7-15/h4-11,26H,3,12-13H2,1-2H3,(H,23,27). The number of thioether (sulfide) groups is 2. The fourth-order valence-corrected chi connectivity index (χ4v) is 5.23. The molecule has 0 bridgehead atoms. The number of benzene rings is 2. The third kappa shape index (κ3) is 7.57. The Morgan fingerprint density at radius 2 is 2.10 bits per heavy atom. The number of hydrogen-bond donors (Lipinski definition) is 1. The van der Waals surface area contributed by atoms with Crippen LogP contribution in [-0.2, 0) is 10.5 Å². The van der Waals surface area contributed by atoms with Gasteiger partial charge in [0.15, 0.2) is 0 Å². The highest BCUT2D eigenvalue weighted by molar-refractivity contribution is 8.03. The molecule has 7 nitrogen and oxygen atoms in total. The maximum absolute atomic E-state index is 12.0. The summed E-state index contributed by atoms with van der Waals surface area (Å²) in [6.07, 6.45) is 1.47. The van der Waals surface area contributed by atoms with Crippen LogP contribution in [0.1, 0.15) is 23.6 Å². The number of aryl methyl sites for hydroxylation is 1. The fourth-order valence-electron chi connectivity index (χ4n) is 2.38. The minimum atomic E-state index is -0.240. The first kappa shape index (κ1) is 23.1. The normalized spacial score (nSPS) is 11.0. The Morgan fingerprint density at radius 3 is 2.87 bits per heavy atom. The largest absolute Gasteiger partial charge is 0.870 e. The number of hydrogen-bond acceptors (Lipinski definition) is 8. The Morgan fingerprint density at radius 1 is 1.29 bits per heavy atom. The molecule has 0 saturated heterocycles. The Labute approximate surface area is 193 Å². The highest BCUT2D eigenvalue weighted by Gasteiger charge is 2.13. The van der Waals surface area contributed by atoms with E-state index in [2.05, 4.69) is 51.9 Å².